The average molecular weight is 614 g/mol. The molecule has 0 radical (unpaired) electrons. The summed E-state index contributed by atoms with van der Waals surface area (Å²) in [5.74, 6) is 1.11. The molecule has 0 spiro atoms. The van der Waals surface area contributed by atoms with Gasteiger partial charge in [0.1, 0.15) is 0 Å². The molecule has 1 aromatic heterocycles. The number of allylic oxidation sites excluding steroid dienone is 1. The van der Waals surface area contributed by atoms with E-state index in [9.17, 15) is 9.59 Å². The maximum Gasteiger partial charge on any atom is 0.338 e. The summed E-state index contributed by atoms with van der Waals surface area (Å²) in [6.45, 7) is 12.8. The number of carbonyl (C=O) groups excluding carboxylic acids is 1. The van der Waals surface area contributed by atoms with Crippen molar-refractivity contribution < 1.29 is 19.0 Å². The third-order valence-corrected chi connectivity index (χ3v) is 7.93. The molecule has 2 heterocycles. The summed E-state index contributed by atoms with van der Waals surface area (Å²) in [6.07, 6.45) is 1.81. The van der Waals surface area contributed by atoms with Gasteiger partial charge < -0.3 is 14.2 Å². The Labute approximate surface area is 240 Å². The number of esters is 1. The molecule has 0 aliphatic carbocycles. The molecule has 39 heavy (non-hydrogen) atoms. The van der Waals surface area contributed by atoms with Crippen LogP contribution in [0.25, 0.3) is 6.08 Å². The second-order valence-electron chi connectivity index (χ2n) is 9.32. The largest absolute Gasteiger partial charge is 0.490 e. The number of hydrogen-bond donors (Lipinski definition) is 0. The first kappa shape index (κ1) is 28.8. The highest BCUT2D eigenvalue weighted by molar-refractivity contribution is 9.10. The van der Waals surface area contributed by atoms with Crippen LogP contribution in [0.15, 0.2) is 61.9 Å². The molecule has 0 N–H and O–H groups in total. The molecule has 0 bridgehead atoms. The van der Waals surface area contributed by atoms with Crippen molar-refractivity contribution in [1.82, 2.24) is 4.57 Å². The quantitative estimate of drug-likeness (QED) is 0.299. The highest BCUT2D eigenvalue weighted by Gasteiger charge is 2.33. The first-order chi connectivity index (χ1) is 18.7. The number of nitrogens with zero attached hydrogens (tertiary/aromatic N) is 2. The molecule has 0 fully saturated rings. The van der Waals surface area contributed by atoms with Gasteiger partial charge in [-0.1, -0.05) is 49.4 Å². The number of fused-ring (bicyclic) bond motifs is 1. The van der Waals surface area contributed by atoms with Gasteiger partial charge in [-0.25, -0.2) is 9.79 Å². The van der Waals surface area contributed by atoms with E-state index in [1.807, 2.05) is 56.3 Å². The van der Waals surface area contributed by atoms with Crippen molar-refractivity contribution in [2.45, 2.75) is 53.5 Å². The fourth-order valence-electron chi connectivity index (χ4n) is 4.54. The molecule has 1 atom stereocenters. The molecule has 0 amide bonds. The zero-order valence-corrected chi connectivity index (χ0v) is 25.4. The maximum atomic E-state index is 13.9. The van der Waals surface area contributed by atoms with E-state index in [1.165, 1.54) is 16.9 Å². The highest BCUT2D eigenvalue weighted by atomic mass is 79.9. The average Bonchev–Trinajstić information content (AvgIpc) is 3.19. The normalized spacial score (nSPS) is 15.3. The van der Waals surface area contributed by atoms with E-state index in [-0.39, 0.29) is 12.2 Å². The number of thiazole rings is 1. The third-order valence-electron chi connectivity index (χ3n) is 6.35. The van der Waals surface area contributed by atoms with Gasteiger partial charge in [0.05, 0.1) is 46.1 Å². The number of rotatable bonds is 9. The molecule has 206 valence electrons. The van der Waals surface area contributed by atoms with E-state index >= 15 is 0 Å². The van der Waals surface area contributed by atoms with Crippen LogP contribution < -0.4 is 24.4 Å². The SMILES string of the molecule is CCOC(=O)C1=C(C)N=c2s/c(=C\c3cc(Br)c(OCC)c(OCC)c3)c(=O)n2C1c1ccc(C(C)C)cc1. The zero-order valence-electron chi connectivity index (χ0n) is 23.0. The minimum atomic E-state index is -0.644. The van der Waals surface area contributed by atoms with Gasteiger partial charge in [-0.2, -0.15) is 0 Å². The molecule has 4 rings (SSSR count). The van der Waals surface area contributed by atoms with Gasteiger partial charge in [-0.3, -0.25) is 9.36 Å². The van der Waals surface area contributed by atoms with Crippen LogP contribution in [0.2, 0.25) is 0 Å². The number of ether oxygens (including phenoxy) is 3. The van der Waals surface area contributed by atoms with Crippen LogP contribution in [0.5, 0.6) is 11.5 Å². The van der Waals surface area contributed by atoms with Crippen molar-refractivity contribution in [2.24, 2.45) is 4.99 Å². The van der Waals surface area contributed by atoms with Crippen molar-refractivity contribution in [3.63, 3.8) is 0 Å². The Bertz CT molecular complexity index is 1580. The van der Waals surface area contributed by atoms with Gasteiger partial charge >= 0.3 is 5.97 Å². The minimum absolute atomic E-state index is 0.228. The predicted molar refractivity (Wildman–Crippen MR) is 157 cm³/mol. The molecule has 2 aromatic carbocycles. The molecule has 1 aliphatic heterocycles. The molecule has 9 heteroatoms. The van der Waals surface area contributed by atoms with Crippen LogP contribution in [0, 0.1) is 0 Å². The summed E-state index contributed by atoms with van der Waals surface area (Å²) in [6, 6.07) is 11.1. The van der Waals surface area contributed by atoms with Gasteiger partial charge in [-0.05, 0) is 84.4 Å². The molecule has 1 aliphatic rings. The maximum absolute atomic E-state index is 13.9. The molecular weight excluding hydrogens is 580 g/mol. The smallest absolute Gasteiger partial charge is 0.338 e. The lowest BCUT2D eigenvalue weighted by Crippen LogP contribution is -2.39. The Morgan fingerprint density at radius 3 is 2.41 bits per heavy atom. The Hall–Kier alpha value is -3.17. The second-order valence-corrected chi connectivity index (χ2v) is 11.2. The van der Waals surface area contributed by atoms with Gasteiger partial charge in [0, 0.05) is 0 Å². The van der Waals surface area contributed by atoms with Crippen LogP contribution in [0.3, 0.4) is 0 Å². The molecular formula is C30H33BrN2O5S. The first-order valence-corrected chi connectivity index (χ1v) is 14.7. The van der Waals surface area contributed by atoms with Crippen LogP contribution in [-0.4, -0.2) is 30.4 Å². The van der Waals surface area contributed by atoms with Crippen LogP contribution in [0.4, 0.5) is 0 Å². The summed E-state index contributed by atoms with van der Waals surface area (Å²) in [5.41, 5.74) is 3.46. The fourth-order valence-corrected chi connectivity index (χ4v) is 6.16. The van der Waals surface area contributed by atoms with Crippen molar-refractivity contribution in [1.29, 1.82) is 0 Å². The van der Waals surface area contributed by atoms with E-state index in [2.05, 4.69) is 34.8 Å². The summed E-state index contributed by atoms with van der Waals surface area (Å²) >= 11 is 4.87. The summed E-state index contributed by atoms with van der Waals surface area (Å²) in [5, 5.41) is 0. The third kappa shape index (κ3) is 5.89. The predicted octanol–water partition coefficient (Wildman–Crippen LogP) is 5.48. The molecule has 7 nitrogen and oxygen atoms in total. The summed E-state index contributed by atoms with van der Waals surface area (Å²) in [4.78, 5) is 32.2. The van der Waals surface area contributed by atoms with Gasteiger partial charge in [0.15, 0.2) is 16.3 Å². The topological polar surface area (TPSA) is 79.1 Å². The van der Waals surface area contributed by atoms with E-state index in [1.54, 1.807) is 18.4 Å². The first-order valence-electron chi connectivity index (χ1n) is 13.1. The minimum Gasteiger partial charge on any atom is -0.490 e. The molecule has 0 saturated carbocycles. The van der Waals surface area contributed by atoms with E-state index < -0.39 is 12.0 Å². The Kier molecular flexibility index (Phi) is 9.12. The fraction of sp³-hybridized carbons (Fsp3) is 0.367. The lowest BCUT2D eigenvalue weighted by atomic mass is 9.93. The number of benzene rings is 2. The number of aromatic nitrogens is 1. The zero-order chi connectivity index (χ0) is 28.3. The number of hydrogen-bond acceptors (Lipinski definition) is 7. The Balaban J connectivity index is 1.91. The van der Waals surface area contributed by atoms with Crippen LogP contribution in [-0.2, 0) is 9.53 Å². The van der Waals surface area contributed by atoms with Crippen molar-refractivity contribution in [3.05, 3.63) is 88.5 Å². The second kappa shape index (κ2) is 12.3. The summed E-state index contributed by atoms with van der Waals surface area (Å²) in [7, 11) is 0. The van der Waals surface area contributed by atoms with Gasteiger partial charge in [-0.15, -0.1) is 0 Å². The Morgan fingerprint density at radius 2 is 1.79 bits per heavy atom. The standard InChI is InChI=1S/C30H33BrN2O5S/c1-7-36-23-15-19(14-22(31)27(23)37-8-2)16-24-28(34)33-26(21-12-10-20(11-13-21)17(4)5)25(29(35)38-9-3)18(6)32-30(33)39-24/h10-17,26H,7-9H2,1-6H3/b24-16-. The Morgan fingerprint density at radius 1 is 1.10 bits per heavy atom. The van der Waals surface area contributed by atoms with Crippen molar-refractivity contribution in [3.8, 4) is 11.5 Å². The lowest BCUT2D eigenvalue weighted by Gasteiger charge is -2.25. The van der Waals surface area contributed by atoms with Crippen molar-refractivity contribution in [2.75, 3.05) is 19.8 Å². The monoisotopic (exact) mass is 612 g/mol. The summed E-state index contributed by atoms with van der Waals surface area (Å²) < 4.78 is 19.8. The highest BCUT2D eigenvalue weighted by Crippen LogP contribution is 2.37. The van der Waals surface area contributed by atoms with E-state index in [4.69, 9.17) is 14.2 Å². The molecule has 3 aromatic rings. The number of halogens is 1. The lowest BCUT2D eigenvalue weighted by molar-refractivity contribution is -0.139. The van der Waals surface area contributed by atoms with Gasteiger partial charge in [0.25, 0.3) is 5.56 Å². The van der Waals surface area contributed by atoms with Crippen LogP contribution >= 0.6 is 27.3 Å². The molecule has 0 saturated heterocycles. The van der Waals surface area contributed by atoms with Gasteiger partial charge in [0.2, 0.25) is 0 Å². The van der Waals surface area contributed by atoms with Crippen molar-refractivity contribution >= 4 is 39.3 Å². The van der Waals surface area contributed by atoms with Crippen LogP contribution in [0.1, 0.15) is 70.2 Å². The van der Waals surface area contributed by atoms with E-state index in [0.717, 1.165) is 15.6 Å². The van der Waals surface area contributed by atoms with E-state index in [0.29, 0.717) is 51.2 Å². The molecule has 1 unspecified atom stereocenters. The number of carbonyl (C=O) groups is 1.